The van der Waals surface area contributed by atoms with Crippen molar-refractivity contribution in [2.45, 2.75) is 18.6 Å². The van der Waals surface area contributed by atoms with E-state index in [0.717, 1.165) is 0 Å². The number of hydrogen-bond acceptors (Lipinski definition) is 2. The molecule has 15 heavy (non-hydrogen) atoms. The van der Waals surface area contributed by atoms with Gasteiger partial charge in [0, 0.05) is 6.42 Å². The third-order valence-electron chi connectivity index (χ3n) is 2.97. The quantitative estimate of drug-likeness (QED) is 0.695. The number of benzene rings is 1. The fraction of sp³-hybridized carbons (Fsp3) is 0.364. The van der Waals surface area contributed by atoms with Crippen molar-refractivity contribution in [2.24, 2.45) is 0 Å². The molecule has 0 spiro atoms. The Bertz CT molecular complexity index is 421. The number of morpholine rings is 1. The van der Waals surface area contributed by atoms with Crippen molar-refractivity contribution in [3.05, 3.63) is 30.1 Å². The molecule has 2 bridgehead atoms. The Hall–Kier alpha value is -1.42. The van der Waals surface area contributed by atoms with Crippen LogP contribution in [0.5, 0.6) is 0 Å². The maximum absolute atomic E-state index is 13.5. The zero-order valence-electron chi connectivity index (χ0n) is 8.02. The molecule has 0 N–H and O–H groups in total. The van der Waals surface area contributed by atoms with E-state index in [0.29, 0.717) is 18.7 Å². The van der Waals surface area contributed by atoms with Crippen LogP contribution in [0, 0.1) is 5.82 Å². The number of carbonyl (C=O) groups excluding carboxylic acids is 1. The molecule has 2 saturated heterocycles. The molecule has 2 heterocycles. The molecule has 2 unspecified atom stereocenters. The van der Waals surface area contributed by atoms with Crippen LogP contribution in [0.3, 0.4) is 0 Å². The first kappa shape index (κ1) is 8.85. The predicted octanol–water partition coefficient (Wildman–Crippen LogP) is 1.33. The number of halogens is 1. The normalized spacial score (nSPS) is 28.9. The largest absolute Gasteiger partial charge is 0.366 e. The summed E-state index contributed by atoms with van der Waals surface area (Å²) >= 11 is 0. The average molecular weight is 207 g/mol. The lowest BCUT2D eigenvalue weighted by molar-refractivity contribution is -0.128. The number of hydrogen-bond donors (Lipinski definition) is 0. The summed E-state index contributed by atoms with van der Waals surface area (Å²) in [4.78, 5) is 13.3. The van der Waals surface area contributed by atoms with E-state index in [4.69, 9.17) is 4.74 Å². The molecule has 0 saturated carbocycles. The summed E-state index contributed by atoms with van der Waals surface area (Å²) in [6.45, 7) is 0.519. The first-order chi connectivity index (χ1) is 7.27. The zero-order valence-corrected chi connectivity index (χ0v) is 8.02. The van der Waals surface area contributed by atoms with Crippen molar-refractivity contribution < 1.29 is 13.9 Å². The Morgan fingerprint density at radius 1 is 1.40 bits per heavy atom. The van der Waals surface area contributed by atoms with Gasteiger partial charge in [0.25, 0.3) is 5.91 Å². The lowest BCUT2D eigenvalue weighted by Crippen LogP contribution is -2.42. The highest BCUT2D eigenvalue weighted by Crippen LogP contribution is 2.34. The minimum Gasteiger partial charge on any atom is -0.366 e. The smallest absolute Gasteiger partial charge is 0.256 e. The van der Waals surface area contributed by atoms with Gasteiger partial charge in [0.05, 0.1) is 18.3 Å². The van der Waals surface area contributed by atoms with Crippen LogP contribution in [0.15, 0.2) is 24.3 Å². The van der Waals surface area contributed by atoms with Crippen LogP contribution in [0.1, 0.15) is 6.42 Å². The SMILES string of the molecule is O=C1C2CC(CO2)N1c1ccccc1F. The molecule has 1 amide bonds. The number of nitrogens with zero attached hydrogens (tertiary/aromatic N) is 1. The summed E-state index contributed by atoms with van der Waals surface area (Å²) in [5.41, 5.74) is 0.373. The summed E-state index contributed by atoms with van der Waals surface area (Å²) in [7, 11) is 0. The average Bonchev–Trinajstić information content (AvgIpc) is 2.80. The molecule has 1 aromatic carbocycles. The number of para-hydroxylation sites is 1. The molecule has 78 valence electrons. The number of amides is 1. The van der Waals surface area contributed by atoms with Gasteiger partial charge in [-0.3, -0.25) is 4.79 Å². The third kappa shape index (κ3) is 1.18. The van der Waals surface area contributed by atoms with Crippen LogP contribution in [-0.4, -0.2) is 24.7 Å². The molecule has 3 rings (SSSR count). The lowest BCUT2D eigenvalue weighted by Gasteiger charge is -2.27. The maximum Gasteiger partial charge on any atom is 0.256 e. The first-order valence-corrected chi connectivity index (χ1v) is 4.96. The molecule has 2 aliphatic heterocycles. The Kier molecular flexibility index (Phi) is 1.79. The van der Waals surface area contributed by atoms with Crippen molar-refractivity contribution in [3.63, 3.8) is 0 Å². The standard InChI is InChI=1S/C11H10FNO2/c12-8-3-1-2-4-9(8)13-7-5-10(11(13)14)15-6-7/h1-4,7,10H,5-6H2. The number of anilines is 1. The highest BCUT2D eigenvalue weighted by molar-refractivity contribution is 6.00. The maximum atomic E-state index is 13.5. The Labute approximate surface area is 86.4 Å². The van der Waals surface area contributed by atoms with Crippen molar-refractivity contribution in [1.29, 1.82) is 0 Å². The van der Waals surface area contributed by atoms with Gasteiger partial charge >= 0.3 is 0 Å². The van der Waals surface area contributed by atoms with Gasteiger partial charge < -0.3 is 9.64 Å². The van der Waals surface area contributed by atoms with Gasteiger partial charge in [-0.2, -0.15) is 0 Å². The number of carbonyl (C=O) groups is 1. The Morgan fingerprint density at radius 3 is 2.87 bits per heavy atom. The monoisotopic (exact) mass is 207 g/mol. The molecular weight excluding hydrogens is 197 g/mol. The molecule has 2 atom stereocenters. The van der Waals surface area contributed by atoms with Crippen molar-refractivity contribution in [2.75, 3.05) is 11.5 Å². The van der Waals surface area contributed by atoms with Gasteiger partial charge in [-0.15, -0.1) is 0 Å². The van der Waals surface area contributed by atoms with E-state index in [-0.39, 0.29) is 23.9 Å². The van der Waals surface area contributed by atoms with Crippen LogP contribution in [0.2, 0.25) is 0 Å². The third-order valence-corrected chi connectivity index (χ3v) is 2.97. The van der Waals surface area contributed by atoms with Gasteiger partial charge in [0.1, 0.15) is 11.9 Å². The van der Waals surface area contributed by atoms with Crippen molar-refractivity contribution in [3.8, 4) is 0 Å². The van der Waals surface area contributed by atoms with E-state index in [2.05, 4.69) is 0 Å². The van der Waals surface area contributed by atoms with Gasteiger partial charge in [0.2, 0.25) is 0 Å². The van der Waals surface area contributed by atoms with Crippen LogP contribution < -0.4 is 4.90 Å². The van der Waals surface area contributed by atoms with Crippen LogP contribution in [0.25, 0.3) is 0 Å². The number of ether oxygens (including phenoxy) is 1. The van der Waals surface area contributed by atoms with Crippen LogP contribution in [0.4, 0.5) is 10.1 Å². The second-order valence-electron chi connectivity index (χ2n) is 3.87. The minimum absolute atomic E-state index is 0.0133. The Morgan fingerprint density at radius 2 is 2.20 bits per heavy atom. The van der Waals surface area contributed by atoms with Gasteiger partial charge in [-0.05, 0) is 12.1 Å². The molecule has 2 aliphatic rings. The summed E-state index contributed by atoms with van der Waals surface area (Å²) in [5.74, 6) is -0.463. The zero-order chi connectivity index (χ0) is 10.4. The minimum atomic E-state index is -0.352. The molecule has 0 aromatic heterocycles. The number of rotatable bonds is 1. The van der Waals surface area contributed by atoms with Gasteiger partial charge in [0.15, 0.2) is 0 Å². The number of fused-ring (bicyclic) bond motifs is 2. The Balaban J connectivity index is 2.02. The van der Waals surface area contributed by atoms with Crippen LogP contribution >= 0.6 is 0 Å². The lowest BCUT2D eigenvalue weighted by atomic mass is 10.2. The van der Waals surface area contributed by atoms with Gasteiger partial charge in [-0.1, -0.05) is 12.1 Å². The van der Waals surface area contributed by atoms with Crippen molar-refractivity contribution in [1.82, 2.24) is 0 Å². The van der Waals surface area contributed by atoms with E-state index >= 15 is 0 Å². The molecular formula is C11H10FNO2. The predicted molar refractivity (Wildman–Crippen MR) is 52.0 cm³/mol. The first-order valence-electron chi connectivity index (χ1n) is 4.96. The van der Waals surface area contributed by atoms with E-state index in [1.807, 2.05) is 0 Å². The van der Waals surface area contributed by atoms with Gasteiger partial charge in [-0.25, -0.2) is 4.39 Å². The second kappa shape index (κ2) is 3.03. The molecule has 1 aromatic rings. The molecule has 4 heteroatoms. The summed E-state index contributed by atoms with van der Waals surface area (Å²) in [5, 5.41) is 0. The topological polar surface area (TPSA) is 29.5 Å². The van der Waals surface area contributed by atoms with E-state index in [1.165, 1.54) is 11.0 Å². The summed E-state index contributed by atoms with van der Waals surface area (Å²) < 4.78 is 18.7. The van der Waals surface area contributed by atoms with Crippen LogP contribution in [-0.2, 0) is 9.53 Å². The highest BCUT2D eigenvalue weighted by atomic mass is 19.1. The van der Waals surface area contributed by atoms with Crippen molar-refractivity contribution >= 4 is 11.6 Å². The molecule has 0 aliphatic carbocycles. The highest BCUT2D eigenvalue weighted by Gasteiger charge is 2.47. The molecule has 2 fully saturated rings. The fourth-order valence-electron chi connectivity index (χ4n) is 2.26. The summed E-state index contributed by atoms with van der Waals surface area (Å²) in [6.07, 6.45) is 0.335. The molecule has 0 radical (unpaired) electrons. The fourth-order valence-corrected chi connectivity index (χ4v) is 2.26. The summed E-state index contributed by atoms with van der Waals surface area (Å²) in [6, 6.07) is 6.37. The second-order valence-corrected chi connectivity index (χ2v) is 3.87. The molecule has 3 nitrogen and oxygen atoms in total. The van der Waals surface area contributed by atoms with E-state index in [9.17, 15) is 9.18 Å². The van der Waals surface area contributed by atoms with E-state index < -0.39 is 0 Å². The van der Waals surface area contributed by atoms with E-state index in [1.54, 1.807) is 18.2 Å².